The van der Waals surface area contributed by atoms with Crippen LogP contribution < -0.4 is 5.32 Å². The van der Waals surface area contributed by atoms with Crippen molar-refractivity contribution in [1.29, 1.82) is 0 Å². The van der Waals surface area contributed by atoms with Crippen LogP contribution in [0.1, 0.15) is 27.8 Å². The van der Waals surface area contributed by atoms with E-state index in [0.29, 0.717) is 13.0 Å². The molecule has 0 saturated carbocycles. The van der Waals surface area contributed by atoms with Crippen LogP contribution in [-0.2, 0) is 22.4 Å². The summed E-state index contributed by atoms with van der Waals surface area (Å²) in [4.78, 5) is 26.7. The average Bonchev–Trinajstić information content (AvgIpc) is 2.58. The molecule has 4 heteroatoms. The van der Waals surface area contributed by atoms with Gasteiger partial charge in [0.1, 0.15) is 0 Å². The van der Waals surface area contributed by atoms with Crippen LogP contribution in [0.5, 0.6) is 0 Å². The largest absolute Gasteiger partial charge is 0.350 e. The van der Waals surface area contributed by atoms with E-state index in [9.17, 15) is 9.59 Å². The quantitative estimate of drug-likeness (QED) is 0.922. The Hall–Kier alpha value is -2.62. The molecule has 0 spiro atoms. The van der Waals surface area contributed by atoms with Gasteiger partial charge in [-0.25, -0.2) is 0 Å². The molecule has 2 aromatic rings. The number of piperazine rings is 1. The van der Waals surface area contributed by atoms with Crippen molar-refractivity contribution in [1.82, 2.24) is 10.2 Å². The molecule has 2 aromatic carbocycles. The molecule has 0 aromatic heterocycles. The summed E-state index contributed by atoms with van der Waals surface area (Å²) in [6.07, 6.45) is 1.09. The summed E-state index contributed by atoms with van der Waals surface area (Å²) < 4.78 is 0. The standard InChI is InChI=1S/C22H26N2O2/c1-15-9-16(2)20(17(3)10-15)12-22(26)24-13-19(23-21(25)14-24)11-18-7-5-4-6-8-18/h4-10,19H,11-14H2,1-3H3,(H,23,25)/t19-/m0/s1. The van der Waals surface area contributed by atoms with Gasteiger partial charge in [-0.1, -0.05) is 48.0 Å². The van der Waals surface area contributed by atoms with E-state index in [1.54, 1.807) is 4.90 Å². The van der Waals surface area contributed by atoms with Gasteiger partial charge in [0.2, 0.25) is 11.8 Å². The number of rotatable bonds is 4. The van der Waals surface area contributed by atoms with Gasteiger partial charge < -0.3 is 10.2 Å². The van der Waals surface area contributed by atoms with E-state index >= 15 is 0 Å². The van der Waals surface area contributed by atoms with Gasteiger partial charge in [0.25, 0.3) is 0 Å². The van der Waals surface area contributed by atoms with Gasteiger partial charge in [0, 0.05) is 6.54 Å². The topological polar surface area (TPSA) is 49.4 Å². The lowest BCUT2D eigenvalue weighted by Crippen LogP contribution is -2.56. The average molecular weight is 350 g/mol. The van der Waals surface area contributed by atoms with E-state index in [2.05, 4.69) is 24.4 Å². The van der Waals surface area contributed by atoms with E-state index in [1.165, 1.54) is 5.56 Å². The van der Waals surface area contributed by atoms with Gasteiger partial charge in [0.15, 0.2) is 0 Å². The SMILES string of the molecule is Cc1cc(C)c(CC(=O)N2CC(=O)N[C@@H](Cc3ccccc3)C2)c(C)c1. The highest BCUT2D eigenvalue weighted by molar-refractivity contribution is 5.87. The second-order valence-electron chi connectivity index (χ2n) is 7.28. The summed E-state index contributed by atoms with van der Waals surface area (Å²) in [5, 5.41) is 3.01. The molecule has 1 aliphatic heterocycles. The van der Waals surface area contributed by atoms with Crippen LogP contribution in [0.25, 0.3) is 0 Å². The Balaban J connectivity index is 1.70. The van der Waals surface area contributed by atoms with E-state index in [0.717, 1.165) is 28.7 Å². The summed E-state index contributed by atoms with van der Waals surface area (Å²) in [5.74, 6) is -0.0594. The van der Waals surface area contributed by atoms with Crippen molar-refractivity contribution in [3.63, 3.8) is 0 Å². The van der Waals surface area contributed by atoms with E-state index in [4.69, 9.17) is 0 Å². The van der Waals surface area contributed by atoms with Gasteiger partial charge >= 0.3 is 0 Å². The van der Waals surface area contributed by atoms with Crippen molar-refractivity contribution in [3.05, 3.63) is 70.3 Å². The highest BCUT2D eigenvalue weighted by atomic mass is 16.2. The van der Waals surface area contributed by atoms with Gasteiger partial charge in [-0.15, -0.1) is 0 Å². The molecule has 1 heterocycles. The molecule has 0 bridgehead atoms. The molecule has 1 saturated heterocycles. The van der Waals surface area contributed by atoms with Crippen molar-refractivity contribution >= 4 is 11.8 Å². The van der Waals surface area contributed by atoms with Crippen molar-refractivity contribution in [2.24, 2.45) is 0 Å². The number of hydrogen-bond acceptors (Lipinski definition) is 2. The molecule has 3 rings (SSSR count). The number of hydrogen-bond donors (Lipinski definition) is 1. The van der Waals surface area contributed by atoms with Crippen LogP contribution >= 0.6 is 0 Å². The number of benzene rings is 2. The van der Waals surface area contributed by atoms with Crippen molar-refractivity contribution in [2.75, 3.05) is 13.1 Å². The van der Waals surface area contributed by atoms with E-state index < -0.39 is 0 Å². The summed E-state index contributed by atoms with van der Waals surface area (Å²) in [6.45, 7) is 6.86. The molecule has 136 valence electrons. The van der Waals surface area contributed by atoms with Crippen LogP contribution in [0, 0.1) is 20.8 Å². The monoisotopic (exact) mass is 350 g/mol. The minimum absolute atomic E-state index is 0.0213. The maximum absolute atomic E-state index is 12.8. The van der Waals surface area contributed by atoms with Gasteiger partial charge in [-0.2, -0.15) is 0 Å². The summed E-state index contributed by atoms with van der Waals surface area (Å²) in [5.41, 5.74) is 5.72. The first-order valence-electron chi connectivity index (χ1n) is 9.10. The number of nitrogens with one attached hydrogen (secondary N) is 1. The molecule has 1 N–H and O–H groups in total. The number of carbonyl (C=O) groups is 2. The molecule has 1 fully saturated rings. The Morgan fingerprint density at radius 3 is 2.42 bits per heavy atom. The summed E-state index contributed by atoms with van der Waals surface area (Å²) in [6, 6.07) is 14.2. The molecule has 2 amide bonds. The van der Waals surface area contributed by atoms with Crippen LogP contribution in [0.15, 0.2) is 42.5 Å². The molecule has 0 unspecified atom stereocenters. The maximum atomic E-state index is 12.8. The van der Waals surface area contributed by atoms with Gasteiger partial charge in [0.05, 0.1) is 19.0 Å². The lowest BCUT2D eigenvalue weighted by atomic mass is 9.96. The second-order valence-corrected chi connectivity index (χ2v) is 7.28. The first-order chi connectivity index (χ1) is 12.4. The minimum Gasteiger partial charge on any atom is -0.350 e. The zero-order valence-corrected chi connectivity index (χ0v) is 15.7. The van der Waals surface area contributed by atoms with Crippen molar-refractivity contribution in [2.45, 2.75) is 39.7 Å². The zero-order chi connectivity index (χ0) is 18.7. The van der Waals surface area contributed by atoms with E-state index in [1.807, 2.05) is 44.2 Å². The number of amides is 2. The molecule has 0 aliphatic carbocycles. The smallest absolute Gasteiger partial charge is 0.239 e. The zero-order valence-electron chi connectivity index (χ0n) is 15.7. The third-order valence-electron chi connectivity index (χ3n) is 4.99. The van der Waals surface area contributed by atoms with Crippen molar-refractivity contribution in [3.8, 4) is 0 Å². The molecule has 26 heavy (non-hydrogen) atoms. The Bertz CT molecular complexity index is 791. The van der Waals surface area contributed by atoms with E-state index in [-0.39, 0.29) is 24.4 Å². The molecule has 4 nitrogen and oxygen atoms in total. The molecule has 1 atom stereocenters. The van der Waals surface area contributed by atoms with Crippen LogP contribution in [-0.4, -0.2) is 35.8 Å². The molecule has 0 radical (unpaired) electrons. The number of aryl methyl sites for hydroxylation is 3. The molecular formula is C22H26N2O2. The van der Waals surface area contributed by atoms with Crippen LogP contribution in [0.4, 0.5) is 0 Å². The minimum atomic E-state index is -0.0807. The summed E-state index contributed by atoms with van der Waals surface area (Å²) in [7, 11) is 0. The Kier molecular flexibility index (Phi) is 5.40. The molecule has 1 aliphatic rings. The lowest BCUT2D eigenvalue weighted by Gasteiger charge is -2.33. The molecular weight excluding hydrogens is 324 g/mol. The maximum Gasteiger partial charge on any atom is 0.239 e. The third-order valence-corrected chi connectivity index (χ3v) is 4.99. The summed E-state index contributed by atoms with van der Waals surface area (Å²) >= 11 is 0. The number of nitrogens with zero attached hydrogens (tertiary/aromatic N) is 1. The normalized spacial score (nSPS) is 17.1. The fourth-order valence-electron chi connectivity index (χ4n) is 3.78. The Morgan fingerprint density at radius 2 is 1.77 bits per heavy atom. The first kappa shape index (κ1) is 18.2. The van der Waals surface area contributed by atoms with Gasteiger partial charge in [-0.05, 0) is 49.4 Å². The highest BCUT2D eigenvalue weighted by Gasteiger charge is 2.28. The van der Waals surface area contributed by atoms with Crippen LogP contribution in [0.3, 0.4) is 0 Å². The first-order valence-corrected chi connectivity index (χ1v) is 9.10. The third kappa shape index (κ3) is 4.31. The number of carbonyl (C=O) groups excluding carboxylic acids is 2. The highest BCUT2D eigenvalue weighted by Crippen LogP contribution is 2.18. The fraction of sp³-hybridized carbons (Fsp3) is 0.364. The second kappa shape index (κ2) is 7.73. The van der Waals surface area contributed by atoms with Crippen LogP contribution in [0.2, 0.25) is 0 Å². The predicted octanol–water partition coefficient (Wildman–Crippen LogP) is 2.72. The Morgan fingerprint density at radius 1 is 1.12 bits per heavy atom. The lowest BCUT2D eigenvalue weighted by molar-refractivity contribution is -0.139. The fourth-order valence-corrected chi connectivity index (χ4v) is 3.78. The van der Waals surface area contributed by atoms with Gasteiger partial charge in [-0.3, -0.25) is 9.59 Å². The van der Waals surface area contributed by atoms with Crippen molar-refractivity contribution < 1.29 is 9.59 Å². The Labute approximate surface area is 155 Å². The predicted molar refractivity (Wildman–Crippen MR) is 103 cm³/mol.